The second-order valence-corrected chi connectivity index (χ2v) is 4.60. The molecule has 96 valence electrons. The Morgan fingerprint density at radius 1 is 1.33 bits per heavy atom. The van der Waals surface area contributed by atoms with Crippen LogP contribution in [0.5, 0.6) is 0 Å². The molecule has 0 saturated heterocycles. The highest BCUT2D eigenvalue weighted by Crippen LogP contribution is 2.49. The van der Waals surface area contributed by atoms with Gasteiger partial charge in [-0.05, 0) is 30.5 Å². The number of halogens is 1. The predicted molar refractivity (Wildman–Crippen MR) is 68.7 cm³/mol. The predicted octanol–water partition coefficient (Wildman–Crippen LogP) is 2.07. The lowest BCUT2D eigenvalue weighted by Gasteiger charge is -2.13. The zero-order chi connectivity index (χ0) is 13.2. The first kappa shape index (κ1) is 12.9. The molecule has 0 atom stereocenters. The number of amides is 1. The van der Waals surface area contributed by atoms with Crippen LogP contribution in [0.2, 0.25) is 0 Å². The lowest BCUT2D eigenvalue weighted by molar-refractivity contribution is -0.143. The van der Waals surface area contributed by atoms with Crippen LogP contribution < -0.4 is 5.32 Å². The van der Waals surface area contributed by atoms with Gasteiger partial charge in [-0.2, -0.15) is 0 Å². The molecule has 0 radical (unpaired) electrons. The smallest absolute Gasteiger partial charge is 0.316 e. The summed E-state index contributed by atoms with van der Waals surface area (Å²) in [6.45, 7) is 0. The number of benzene rings is 1. The molecule has 0 unspecified atom stereocenters. The van der Waals surface area contributed by atoms with E-state index in [4.69, 9.17) is 16.3 Å². The Hall–Kier alpha value is -1.55. The number of hydrogen-bond donors (Lipinski definition) is 1. The molecule has 0 bridgehead atoms. The molecule has 0 aliphatic heterocycles. The van der Waals surface area contributed by atoms with Gasteiger partial charge in [0.2, 0.25) is 5.91 Å². The Morgan fingerprint density at radius 3 is 2.39 bits per heavy atom. The van der Waals surface area contributed by atoms with Gasteiger partial charge in [-0.25, -0.2) is 0 Å². The zero-order valence-corrected chi connectivity index (χ0v) is 10.8. The lowest BCUT2D eigenvalue weighted by Crippen LogP contribution is -2.21. The van der Waals surface area contributed by atoms with Crippen LogP contribution in [-0.4, -0.2) is 24.9 Å². The molecule has 2 rings (SSSR count). The summed E-state index contributed by atoms with van der Waals surface area (Å²) in [6.07, 6.45) is 1.63. The van der Waals surface area contributed by atoms with Crippen molar-refractivity contribution in [2.75, 3.05) is 18.3 Å². The molecule has 18 heavy (non-hydrogen) atoms. The highest BCUT2D eigenvalue weighted by Gasteiger charge is 2.52. The van der Waals surface area contributed by atoms with Crippen LogP contribution in [0.4, 0.5) is 5.69 Å². The maximum absolute atomic E-state index is 11.7. The second kappa shape index (κ2) is 4.98. The first-order valence-corrected chi connectivity index (χ1v) is 6.20. The molecule has 1 aliphatic carbocycles. The van der Waals surface area contributed by atoms with Crippen molar-refractivity contribution in [2.24, 2.45) is 0 Å². The van der Waals surface area contributed by atoms with Crippen LogP contribution in [0.15, 0.2) is 24.3 Å². The van der Waals surface area contributed by atoms with Gasteiger partial charge in [-0.3, -0.25) is 9.59 Å². The third-order valence-electron chi connectivity index (χ3n) is 3.17. The molecule has 1 N–H and O–H groups in total. The average molecular weight is 268 g/mol. The van der Waals surface area contributed by atoms with Crippen molar-refractivity contribution >= 4 is 29.2 Å². The van der Waals surface area contributed by atoms with E-state index in [1.807, 2.05) is 12.1 Å². The van der Waals surface area contributed by atoms with E-state index in [1.54, 1.807) is 12.1 Å². The van der Waals surface area contributed by atoms with Crippen molar-refractivity contribution in [1.82, 2.24) is 0 Å². The summed E-state index contributed by atoms with van der Waals surface area (Å²) in [5.74, 6) is -0.521. The molecule has 5 heteroatoms. The molecule has 1 amide bonds. The summed E-state index contributed by atoms with van der Waals surface area (Å²) in [5, 5.41) is 2.65. The van der Waals surface area contributed by atoms with Crippen LogP contribution in [0.3, 0.4) is 0 Å². The molecule has 0 spiro atoms. The third kappa shape index (κ3) is 2.34. The third-order valence-corrected chi connectivity index (χ3v) is 3.41. The molecule has 1 fully saturated rings. The number of carbonyl (C=O) groups is 2. The van der Waals surface area contributed by atoms with Crippen molar-refractivity contribution in [1.29, 1.82) is 0 Å². The van der Waals surface area contributed by atoms with E-state index in [1.165, 1.54) is 7.11 Å². The number of hydrogen-bond acceptors (Lipinski definition) is 3. The van der Waals surface area contributed by atoms with Crippen molar-refractivity contribution in [3.05, 3.63) is 29.8 Å². The van der Waals surface area contributed by atoms with Crippen LogP contribution >= 0.6 is 11.6 Å². The van der Waals surface area contributed by atoms with Gasteiger partial charge < -0.3 is 10.1 Å². The maximum atomic E-state index is 11.7. The summed E-state index contributed by atoms with van der Waals surface area (Å²) >= 11 is 5.40. The van der Waals surface area contributed by atoms with Gasteiger partial charge in [-0.15, -0.1) is 11.6 Å². The zero-order valence-electron chi connectivity index (χ0n) is 10.0. The Kier molecular flexibility index (Phi) is 3.57. The van der Waals surface area contributed by atoms with E-state index < -0.39 is 5.41 Å². The van der Waals surface area contributed by atoms with Gasteiger partial charge in [0.1, 0.15) is 5.88 Å². The first-order chi connectivity index (χ1) is 8.62. The van der Waals surface area contributed by atoms with Crippen molar-refractivity contribution < 1.29 is 14.3 Å². The minimum Gasteiger partial charge on any atom is -0.468 e. The molecule has 0 heterocycles. The number of ether oxygens (including phenoxy) is 1. The minimum atomic E-state index is -0.468. The fourth-order valence-corrected chi connectivity index (χ4v) is 2.06. The molecule has 4 nitrogen and oxygen atoms in total. The van der Waals surface area contributed by atoms with Gasteiger partial charge >= 0.3 is 5.97 Å². The molecular formula is C13H14ClNO3. The van der Waals surface area contributed by atoms with E-state index in [0.29, 0.717) is 5.69 Å². The Balaban J connectivity index is 2.13. The number of carbonyl (C=O) groups excluding carboxylic acids is 2. The van der Waals surface area contributed by atoms with E-state index in [0.717, 1.165) is 18.4 Å². The SMILES string of the molecule is COC(=O)C1(c2ccc(NC(=O)CCl)cc2)CC1. The fraction of sp³-hybridized carbons (Fsp3) is 0.385. The second-order valence-electron chi connectivity index (χ2n) is 4.33. The fourth-order valence-electron chi connectivity index (χ4n) is 2.00. The minimum absolute atomic E-state index is 0.0755. The Bertz CT molecular complexity index is 466. The van der Waals surface area contributed by atoms with E-state index in [-0.39, 0.29) is 17.8 Å². The topological polar surface area (TPSA) is 55.4 Å². The standard InChI is InChI=1S/C13H14ClNO3/c1-18-12(17)13(6-7-13)9-2-4-10(5-3-9)15-11(16)8-14/h2-5H,6-8H2,1H3,(H,15,16). The number of nitrogens with one attached hydrogen (secondary N) is 1. The van der Waals surface area contributed by atoms with Gasteiger partial charge in [0.05, 0.1) is 12.5 Å². The number of anilines is 1. The largest absolute Gasteiger partial charge is 0.468 e. The quantitative estimate of drug-likeness (QED) is 0.671. The van der Waals surface area contributed by atoms with Crippen molar-refractivity contribution in [2.45, 2.75) is 18.3 Å². The summed E-state index contributed by atoms with van der Waals surface area (Å²) in [6, 6.07) is 7.22. The van der Waals surface area contributed by atoms with Crippen molar-refractivity contribution in [3.63, 3.8) is 0 Å². The Labute approximate surface area is 110 Å². The number of alkyl halides is 1. The van der Waals surface area contributed by atoms with Gasteiger partial charge in [-0.1, -0.05) is 12.1 Å². The van der Waals surface area contributed by atoms with Gasteiger partial charge in [0, 0.05) is 5.69 Å². The number of esters is 1. The monoisotopic (exact) mass is 267 g/mol. The molecule has 1 aromatic carbocycles. The molecule has 1 saturated carbocycles. The number of methoxy groups -OCH3 is 1. The summed E-state index contributed by atoms with van der Waals surface area (Å²) in [7, 11) is 1.40. The van der Waals surface area contributed by atoms with E-state index >= 15 is 0 Å². The highest BCUT2D eigenvalue weighted by atomic mass is 35.5. The maximum Gasteiger partial charge on any atom is 0.316 e. The van der Waals surface area contributed by atoms with Crippen LogP contribution in [0.1, 0.15) is 18.4 Å². The molecule has 1 aromatic rings. The van der Waals surface area contributed by atoms with E-state index in [2.05, 4.69) is 5.32 Å². The summed E-state index contributed by atoms with van der Waals surface area (Å²) in [5.41, 5.74) is 1.13. The molecular weight excluding hydrogens is 254 g/mol. The summed E-state index contributed by atoms with van der Waals surface area (Å²) in [4.78, 5) is 22.8. The van der Waals surface area contributed by atoms with Gasteiger partial charge in [0.25, 0.3) is 0 Å². The van der Waals surface area contributed by atoms with Crippen LogP contribution in [0.25, 0.3) is 0 Å². The Morgan fingerprint density at radius 2 is 1.94 bits per heavy atom. The van der Waals surface area contributed by atoms with E-state index in [9.17, 15) is 9.59 Å². The van der Waals surface area contributed by atoms with Crippen LogP contribution in [0, 0.1) is 0 Å². The number of rotatable bonds is 4. The molecule has 1 aliphatic rings. The average Bonchev–Trinajstić information content (AvgIpc) is 3.20. The van der Waals surface area contributed by atoms with Crippen molar-refractivity contribution in [3.8, 4) is 0 Å². The normalized spacial score (nSPS) is 15.9. The molecule has 0 aromatic heterocycles. The first-order valence-electron chi connectivity index (χ1n) is 5.67. The summed E-state index contributed by atoms with van der Waals surface area (Å²) < 4.78 is 4.82. The lowest BCUT2D eigenvalue weighted by atomic mass is 9.96. The highest BCUT2D eigenvalue weighted by molar-refractivity contribution is 6.29. The van der Waals surface area contributed by atoms with Gasteiger partial charge in [0.15, 0.2) is 0 Å². The van der Waals surface area contributed by atoms with Crippen LogP contribution in [-0.2, 0) is 19.7 Å².